The van der Waals surface area contributed by atoms with E-state index in [9.17, 15) is 5.11 Å². The van der Waals surface area contributed by atoms with Crippen LogP contribution in [0.3, 0.4) is 0 Å². The number of nitrogens with zero attached hydrogens (tertiary/aromatic N) is 2. The van der Waals surface area contributed by atoms with E-state index in [0.29, 0.717) is 12.0 Å². The van der Waals surface area contributed by atoms with Gasteiger partial charge in [-0.3, -0.25) is 9.80 Å². The zero-order valence-electron chi connectivity index (χ0n) is 12.3. The topological polar surface area (TPSA) is 62.0 Å². The molecule has 112 valence electrons. The SMILES string of the molecule is CC(C)C(N)C(CO)N1CCC(N2CCOCC2)C1. The number of morpholine rings is 1. The van der Waals surface area contributed by atoms with Gasteiger partial charge >= 0.3 is 0 Å². The Kier molecular flexibility index (Phi) is 5.59. The van der Waals surface area contributed by atoms with Crippen LogP contribution in [0.4, 0.5) is 0 Å². The summed E-state index contributed by atoms with van der Waals surface area (Å²) in [5.41, 5.74) is 6.24. The van der Waals surface area contributed by atoms with Gasteiger partial charge in [0.05, 0.1) is 19.8 Å². The maximum atomic E-state index is 9.65. The van der Waals surface area contributed by atoms with E-state index in [1.165, 1.54) is 6.42 Å². The number of ether oxygens (including phenoxy) is 1. The molecule has 2 heterocycles. The minimum atomic E-state index is 0.0495. The van der Waals surface area contributed by atoms with Crippen LogP contribution in [0.1, 0.15) is 20.3 Å². The van der Waals surface area contributed by atoms with Gasteiger partial charge in [0.2, 0.25) is 0 Å². The summed E-state index contributed by atoms with van der Waals surface area (Å²) in [5, 5.41) is 9.65. The van der Waals surface area contributed by atoms with Crippen molar-refractivity contribution in [3.8, 4) is 0 Å². The second-order valence-corrected chi connectivity index (χ2v) is 6.16. The molecule has 0 spiro atoms. The average Bonchev–Trinajstić information content (AvgIpc) is 2.90. The van der Waals surface area contributed by atoms with E-state index in [-0.39, 0.29) is 18.7 Å². The Morgan fingerprint density at radius 2 is 1.95 bits per heavy atom. The molecule has 0 radical (unpaired) electrons. The van der Waals surface area contributed by atoms with E-state index in [1.54, 1.807) is 0 Å². The lowest BCUT2D eigenvalue weighted by Crippen LogP contribution is -2.53. The summed E-state index contributed by atoms with van der Waals surface area (Å²) in [6.07, 6.45) is 1.18. The van der Waals surface area contributed by atoms with Crippen molar-refractivity contribution in [2.24, 2.45) is 11.7 Å². The second-order valence-electron chi connectivity index (χ2n) is 6.16. The molecule has 3 unspecified atom stereocenters. The first-order valence-electron chi connectivity index (χ1n) is 7.55. The predicted octanol–water partition coefficient (Wildman–Crippen LogP) is -0.263. The van der Waals surface area contributed by atoms with Gasteiger partial charge in [-0.2, -0.15) is 0 Å². The molecule has 0 aliphatic carbocycles. The Hall–Kier alpha value is -0.200. The molecule has 3 atom stereocenters. The monoisotopic (exact) mass is 271 g/mol. The van der Waals surface area contributed by atoms with E-state index < -0.39 is 0 Å². The summed E-state index contributed by atoms with van der Waals surface area (Å²) >= 11 is 0. The van der Waals surface area contributed by atoms with E-state index in [4.69, 9.17) is 10.5 Å². The molecule has 5 nitrogen and oxygen atoms in total. The largest absolute Gasteiger partial charge is 0.395 e. The zero-order valence-corrected chi connectivity index (χ0v) is 12.3. The predicted molar refractivity (Wildman–Crippen MR) is 76.1 cm³/mol. The van der Waals surface area contributed by atoms with Gasteiger partial charge in [-0.05, 0) is 12.3 Å². The molecule has 2 rings (SSSR count). The third kappa shape index (κ3) is 3.67. The van der Waals surface area contributed by atoms with Crippen molar-refractivity contribution < 1.29 is 9.84 Å². The van der Waals surface area contributed by atoms with Gasteiger partial charge in [-0.1, -0.05) is 13.8 Å². The summed E-state index contributed by atoms with van der Waals surface area (Å²) in [4.78, 5) is 4.91. The van der Waals surface area contributed by atoms with Crippen LogP contribution >= 0.6 is 0 Å². The second kappa shape index (κ2) is 6.99. The molecule has 0 aromatic heterocycles. The fourth-order valence-electron chi connectivity index (χ4n) is 3.23. The van der Waals surface area contributed by atoms with Crippen molar-refractivity contribution in [3.05, 3.63) is 0 Å². The molecule has 2 aliphatic rings. The highest BCUT2D eigenvalue weighted by Crippen LogP contribution is 2.21. The number of aliphatic hydroxyl groups excluding tert-OH is 1. The minimum absolute atomic E-state index is 0.0495. The Morgan fingerprint density at radius 1 is 1.26 bits per heavy atom. The zero-order chi connectivity index (χ0) is 13.8. The van der Waals surface area contributed by atoms with Gasteiger partial charge in [0.15, 0.2) is 0 Å². The summed E-state index contributed by atoms with van der Waals surface area (Å²) in [7, 11) is 0. The number of nitrogens with two attached hydrogens (primary N) is 1. The Bertz CT molecular complexity index is 269. The van der Waals surface area contributed by atoms with Crippen molar-refractivity contribution in [3.63, 3.8) is 0 Å². The van der Waals surface area contributed by atoms with Gasteiger partial charge < -0.3 is 15.6 Å². The van der Waals surface area contributed by atoms with Gasteiger partial charge in [0, 0.05) is 44.3 Å². The highest BCUT2D eigenvalue weighted by molar-refractivity contribution is 4.92. The van der Waals surface area contributed by atoms with Crippen LogP contribution in [0.15, 0.2) is 0 Å². The summed E-state index contributed by atoms with van der Waals surface area (Å²) in [6, 6.07) is 0.761. The average molecular weight is 271 g/mol. The highest BCUT2D eigenvalue weighted by atomic mass is 16.5. The third-order valence-electron chi connectivity index (χ3n) is 4.63. The van der Waals surface area contributed by atoms with E-state index in [2.05, 4.69) is 23.6 Å². The molecule has 3 N–H and O–H groups in total. The standard InChI is InChI=1S/C14H29N3O2/c1-11(2)14(15)13(10-18)17-4-3-12(9-17)16-5-7-19-8-6-16/h11-14,18H,3-10,15H2,1-2H3. The van der Waals surface area contributed by atoms with Gasteiger partial charge in [-0.15, -0.1) is 0 Å². The van der Waals surface area contributed by atoms with Crippen LogP contribution in [0.5, 0.6) is 0 Å². The molecule has 0 saturated carbocycles. The van der Waals surface area contributed by atoms with E-state index >= 15 is 0 Å². The molecule has 2 aliphatic heterocycles. The number of aliphatic hydroxyl groups is 1. The van der Waals surface area contributed by atoms with Crippen molar-refractivity contribution in [1.29, 1.82) is 0 Å². The maximum Gasteiger partial charge on any atom is 0.0602 e. The van der Waals surface area contributed by atoms with Crippen molar-refractivity contribution >= 4 is 0 Å². The first kappa shape index (κ1) is 15.2. The quantitative estimate of drug-likeness (QED) is 0.721. The van der Waals surface area contributed by atoms with Crippen LogP contribution in [-0.2, 0) is 4.74 Å². The molecular weight excluding hydrogens is 242 g/mol. The minimum Gasteiger partial charge on any atom is -0.395 e. The van der Waals surface area contributed by atoms with E-state index in [1.807, 2.05) is 0 Å². The lowest BCUT2D eigenvalue weighted by atomic mass is 9.97. The fraction of sp³-hybridized carbons (Fsp3) is 1.00. The third-order valence-corrected chi connectivity index (χ3v) is 4.63. The number of hydrogen-bond acceptors (Lipinski definition) is 5. The molecule has 5 heteroatoms. The molecule has 0 aromatic carbocycles. The molecule has 0 amide bonds. The lowest BCUT2D eigenvalue weighted by Gasteiger charge is -2.35. The van der Waals surface area contributed by atoms with Crippen molar-refractivity contribution in [2.75, 3.05) is 46.0 Å². The van der Waals surface area contributed by atoms with Gasteiger partial charge in [0.1, 0.15) is 0 Å². The summed E-state index contributed by atoms with van der Waals surface area (Å²) < 4.78 is 5.41. The highest BCUT2D eigenvalue weighted by Gasteiger charge is 2.34. The smallest absolute Gasteiger partial charge is 0.0602 e. The number of hydrogen-bond donors (Lipinski definition) is 2. The first-order chi connectivity index (χ1) is 9.13. The molecule has 19 heavy (non-hydrogen) atoms. The number of rotatable bonds is 5. The van der Waals surface area contributed by atoms with Gasteiger partial charge in [0.25, 0.3) is 0 Å². The molecule has 2 saturated heterocycles. The van der Waals surface area contributed by atoms with Crippen LogP contribution in [-0.4, -0.2) is 79.0 Å². The Morgan fingerprint density at radius 3 is 2.53 bits per heavy atom. The van der Waals surface area contributed by atoms with Crippen molar-refractivity contribution in [1.82, 2.24) is 9.80 Å². The first-order valence-corrected chi connectivity index (χ1v) is 7.55. The Labute approximate surface area is 116 Å². The number of likely N-dealkylation sites (tertiary alicyclic amines) is 1. The van der Waals surface area contributed by atoms with Gasteiger partial charge in [-0.25, -0.2) is 0 Å². The summed E-state index contributed by atoms with van der Waals surface area (Å²) in [6.45, 7) is 10.3. The summed E-state index contributed by atoms with van der Waals surface area (Å²) in [5.74, 6) is 0.402. The van der Waals surface area contributed by atoms with Crippen LogP contribution < -0.4 is 5.73 Å². The van der Waals surface area contributed by atoms with Crippen LogP contribution in [0.25, 0.3) is 0 Å². The lowest BCUT2D eigenvalue weighted by molar-refractivity contribution is 0.0157. The maximum absolute atomic E-state index is 9.65. The molecule has 2 fully saturated rings. The van der Waals surface area contributed by atoms with Crippen LogP contribution in [0, 0.1) is 5.92 Å². The Balaban J connectivity index is 1.88. The molecule has 0 aromatic rings. The van der Waals surface area contributed by atoms with Crippen LogP contribution in [0.2, 0.25) is 0 Å². The molecule has 0 bridgehead atoms. The normalized spacial score (nSPS) is 29.8. The van der Waals surface area contributed by atoms with E-state index in [0.717, 1.165) is 39.4 Å². The fourth-order valence-corrected chi connectivity index (χ4v) is 3.23. The van der Waals surface area contributed by atoms with Crippen molar-refractivity contribution in [2.45, 2.75) is 38.4 Å². The molecular formula is C14H29N3O2.